The molecular formula is C24H28N2O5. The third-order valence-electron chi connectivity index (χ3n) is 5.30. The maximum atomic E-state index is 12.9. The Balaban J connectivity index is 1.86. The Morgan fingerprint density at radius 2 is 1.74 bits per heavy atom. The molecule has 2 aromatic carbocycles. The summed E-state index contributed by atoms with van der Waals surface area (Å²) in [6.07, 6.45) is 0.559. The molecule has 0 spiro atoms. The Bertz CT molecular complexity index is 1010. The number of anilines is 1. The lowest BCUT2D eigenvalue weighted by Crippen LogP contribution is -2.45. The van der Waals surface area contributed by atoms with E-state index in [1.54, 1.807) is 49.4 Å². The largest absolute Gasteiger partial charge is 0.480 e. The summed E-state index contributed by atoms with van der Waals surface area (Å²) in [6, 6.07) is 11.2. The van der Waals surface area contributed by atoms with Crippen molar-refractivity contribution in [3.05, 3.63) is 64.7 Å². The predicted molar refractivity (Wildman–Crippen MR) is 117 cm³/mol. The molecule has 3 rings (SSSR count). The quantitative estimate of drug-likeness (QED) is 0.514. The smallest absolute Gasteiger partial charge is 0.323 e. The van der Waals surface area contributed by atoms with Gasteiger partial charge in [-0.25, -0.2) is 4.90 Å². The minimum atomic E-state index is -1.02. The van der Waals surface area contributed by atoms with Crippen molar-refractivity contribution >= 4 is 23.5 Å². The minimum Gasteiger partial charge on any atom is -0.480 e. The molecule has 164 valence electrons. The highest BCUT2D eigenvalue weighted by molar-refractivity contribution is 6.34. The van der Waals surface area contributed by atoms with Crippen LogP contribution in [0.2, 0.25) is 0 Å². The van der Waals surface area contributed by atoms with E-state index < -0.39 is 17.6 Å². The van der Waals surface area contributed by atoms with Crippen LogP contribution in [0.5, 0.6) is 0 Å². The Morgan fingerprint density at radius 3 is 2.26 bits per heavy atom. The number of hydrogen-bond acceptors (Lipinski definition) is 5. The molecule has 1 heterocycles. The molecule has 0 bridgehead atoms. The number of carbonyl (C=O) groups excluding carboxylic acids is 2. The number of nitrogens with zero attached hydrogens (tertiary/aromatic N) is 1. The summed E-state index contributed by atoms with van der Waals surface area (Å²) in [5.74, 6) is -2.08. The standard InChI is InChI=1S/C24H28N2O5/c1-6-17(20(23(29)30)25-31-24(3,4)5)15-10-12-16(13-11-15)26-21(27)18-9-7-8-14(2)19(18)22(26)28/h7-13,17,20,25H,6H2,1-5H3,(H,29,30)/t17?,20-/m0/s1. The van der Waals surface area contributed by atoms with Gasteiger partial charge in [-0.05, 0) is 63.4 Å². The van der Waals surface area contributed by atoms with E-state index in [4.69, 9.17) is 4.84 Å². The zero-order chi connectivity index (χ0) is 22.9. The molecule has 1 aliphatic rings. The van der Waals surface area contributed by atoms with Gasteiger partial charge >= 0.3 is 5.97 Å². The minimum absolute atomic E-state index is 0.346. The van der Waals surface area contributed by atoms with E-state index in [-0.39, 0.29) is 17.7 Å². The van der Waals surface area contributed by atoms with Crippen LogP contribution in [0.25, 0.3) is 0 Å². The molecular weight excluding hydrogens is 396 g/mol. The van der Waals surface area contributed by atoms with Gasteiger partial charge in [0.25, 0.3) is 11.8 Å². The van der Waals surface area contributed by atoms with Crippen LogP contribution in [0.3, 0.4) is 0 Å². The van der Waals surface area contributed by atoms with Gasteiger partial charge in [-0.3, -0.25) is 19.2 Å². The molecule has 2 amide bonds. The van der Waals surface area contributed by atoms with Crippen molar-refractivity contribution < 1.29 is 24.3 Å². The number of amides is 2. The topological polar surface area (TPSA) is 95.9 Å². The maximum Gasteiger partial charge on any atom is 0.323 e. The number of carbonyl (C=O) groups is 3. The molecule has 2 N–H and O–H groups in total. The first-order valence-corrected chi connectivity index (χ1v) is 10.3. The number of rotatable bonds is 7. The average molecular weight is 424 g/mol. The Labute approximate surface area is 182 Å². The number of fused-ring (bicyclic) bond motifs is 1. The predicted octanol–water partition coefficient (Wildman–Crippen LogP) is 4.06. The second-order valence-corrected chi connectivity index (χ2v) is 8.70. The molecule has 0 aliphatic carbocycles. The molecule has 0 fully saturated rings. The van der Waals surface area contributed by atoms with E-state index in [9.17, 15) is 19.5 Å². The van der Waals surface area contributed by atoms with Gasteiger partial charge in [0.15, 0.2) is 0 Å². The number of carboxylic acid groups (broad SMARTS) is 1. The number of nitrogens with one attached hydrogen (secondary N) is 1. The van der Waals surface area contributed by atoms with E-state index in [0.29, 0.717) is 23.2 Å². The molecule has 2 atom stereocenters. The van der Waals surface area contributed by atoms with Gasteiger partial charge in [-0.2, -0.15) is 5.48 Å². The second-order valence-electron chi connectivity index (χ2n) is 8.70. The van der Waals surface area contributed by atoms with Gasteiger partial charge in [-0.15, -0.1) is 0 Å². The summed E-state index contributed by atoms with van der Waals surface area (Å²) in [5, 5.41) is 9.72. The van der Waals surface area contributed by atoms with E-state index in [1.165, 1.54) is 0 Å². The fraction of sp³-hybridized carbons (Fsp3) is 0.375. The molecule has 0 aromatic heterocycles. The normalized spacial score (nSPS) is 15.7. The summed E-state index contributed by atoms with van der Waals surface area (Å²) < 4.78 is 0. The summed E-state index contributed by atoms with van der Waals surface area (Å²) in [7, 11) is 0. The number of aliphatic carboxylic acids is 1. The van der Waals surface area contributed by atoms with Crippen molar-refractivity contribution in [2.24, 2.45) is 0 Å². The molecule has 7 nitrogen and oxygen atoms in total. The molecule has 1 aliphatic heterocycles. The number of carboxylic acids is 1. The Hall–Kier alpha value is -3.03. The number of hydroxylamine groups is 1. The third-order valence-corrected chi connectivity index (χ3v) is 5.30. The molecule has 2 aromatic rings. The van der Waals surface area contributed by atoms with Gasteiger partial charge in [0.1, 0.15) is 6.04 Å². The number of imide groups is 1. The second kappa shape index (κ2) is 8.61. The highest BCUT2D eigenvalue weighted by Crippen LogP contribution is 2.32. The number of hydrogen-bond donors (Lipinski definition) is 2. The first kappa shape index (κ1) is 22.7. The first-order valence-electron chi connectivity index (χ1n) is 10.3. The third kappa shape index (κ3) is 4.52. The monoisotopic (exact) mass is 424 g/mol. The number of benzene rings is 2. The van der Waals surface area contributed by atoms with E-state index >= 15 is 0 Å². The van der Waals surface area contributed by atoms with Crippen LogP contribution in [-0.2, 0) is 9.63 Å². The van der Waals surface area contributed by atoms with Crippen LogP contribution in [0, 0.1) is 6.92 Å². The van der Waals surface area contributed by atoms with Crippen LogP contribution < -0.4 is 10.4 Å². The summed E-state index contributed by atoms with van der Waals surface area (Å²) in [4.78, 5) is 44.2. The fourth-order valence-corrected chi connectivity index (χ4v) is 3.77. The fourth-order valence-electron chi connectivity index (χ4n) is 3.77. The van der Waals surface area contributed by atoms with Crippen molar-refractivity contribution in [3.63, 3.8) is 0 Å². The summed E-state index contributed by atoms with van der Waals surface area (Å²) in [5.41, 5.74) is 4.96. The zero-order valence-corrected chi connectivity index (χ0v) is 18.4. The van der Waals surface area contributed by atoms with Gasteiger partial charge in [-0.1, -0.05) is 31.2 Å². The van der Waals surface area contributed by atoms with Crippen LogP contribution in [0.1, 0.15) is 71.9 Å². The highest BCUT2D eigenvalue weighted by Gasteiger charge is 2.38. The van der Waals surface area contributed by atoms with Crippen LogP contribution in [0.15, 0.2) is 42.5 Å². The van der Waals surface area contributed by atoms with Crippen molar-refractivity contribution in [1.82, 2.24) is 5.48 Å². The van der Waals surface area contributed by atoms with Crippen molar-refractivity contribution in [2.75, 3.05) is 4.90 Å². The van der Waals surface area contributed by atoms with Gasteiger partial charge < -0.3 is 5.11 Å². The molecule has 0 radical (unpaired) electrons. The first-order chi connectivity index (χ1) is 14.5. The molecule has 0 saturated heterocycles. The zero-order valence-electron chi connectivity index (χ0n) is 18.4. The maximum absolute atomic E-state index is 12.9. The van der Waals surface area contributed by atoms with Crippen LogP contribution in [-0.4, -0.2) is 34.5 Å². The lowest BCUT2D eigenvalue weighted by molar-refractivity contribution is -0.151. The van der Waals surface area contributed by atoms with E-state index in [1.807, 2.05) is 27.7 Å². The van der Waals surface area contributed by atoms with Gasteiger partial charge in [0, 0.05) is 5.92 Å². The Morgan fingerprint density at radius 1 is 1.10 bits per heavy atom. The van der Waals surface area contributed by atoms with E-state index in [0.717, 1.165) is 16.0 Å². The lowest BCUT2D eigenvalue weighted by atomic mass is 9.89. The molecule has 0 saturated carbocycles. The van der Waals surface area contributed by atoms with Crippen molar-refractivity contribution in [2.45, 2.75) is 58.6 Å². The van der Waals surface area contributed by atoms with Gasteiger partial charge in [0.2, 0.25) is 0 Å². The highest BCUT2D eigenvalue weighted by atomic mass is 16.7. The molecule has 31 heavy (non-hydrogen) atoms. The lowest BCUT2D eigenvalue weighted by Gasteiger charge is -2.28. The summed E-state index contributed by atoms with van der Waals surface area (Å²) >= 11 is 0. The average Bonchev–Trinajstić information content (AvgIpc) is 2.96. The van der Waals surface area contributed by atoms with Crippen molar-refractivity contribution in [1.29, 1.82) is 0 Å². The summed E-state index contributed by atoms with van der Waals surface area (Å²) in [6.45, 7) is 9.21. The Kier molecular flexibility index (Phi) is 6.29. The number of aryl methyl sites for hydroxylation is 1. The SMILES string of the molecule is CCC(c1ccc(N2C(=O)c3cccc(C)c3C2=O)cc1)[C@H](NOC(C)(C)C)C(=O)O. The van der Waals surface area contributed by atoms with Crippen LogP contribution >= 0.6 is 0 Å². The van der Waals surface area contributed by atoms with Gasteiger partial charge in [0.05, 0.1) is 22.4 Å². The molecule has 1 unspecified atom stereocenters. The van der Waals surface area contributed by atoms with E-state index in [2.05, 4.69) is 5.48 Å². The van der Waals surface area contributed by atoms with Crippen molar-refractivity contribution in [3.8, 4) is 0 Å². The molecule has 7 heteroatoms. The van der Waals surface area contributed by atoms with Crippen LogP contribution in [0.4, 0.5) is 5.69 Å².